The summed E-state index contributed by atoms with van der Waals surface area (Å²) in [5, 5.41) is 0. The molecule has 0 amide bonds. The quantitative estimate of drug-likeness (QED) is 0.629. The van der Waals surface area contributed by atoms with E-state index in [9.17, 15) is 0 Å². The van der Waals surface area contributed by atoms with Gasteiger partial charge in [-0.2, -0.15) is 0 Å². The highest BCUT2D eigenvalue weighted by atomic mass is 127. The molecule has 0 fully saturated rings. The fraction of sp³-hybridized carbons (Fsp3) is 0.250. The van der Waals surface area contributed by atoms with Gasteiger partial charge in [0, 0.05) is 3.57 Å². The lowest BCUT2D eigenvalue weighted by molar-refractivity contribution is 1.33. The lowest BCUT2D eigenvalue weighted by atomic mass is 9.98. The molecule has 0 spiro atoms. The van der Waals surface area contributed by atoms with Crippen LogP contribution in [-0.4, -0.2) is 0 Å². The fourth-order valence-electron chi connectivity index (χ4n) is 2.25. The standard InChI is InChI=1S/C16H17I/c1-10-5-11(2)7-14(6-10)15-8-12(3)16(17)13(4)9-15/h5-9H,1-4H3. The van der Waals surface area contributed by atoms with E-state index in [1.165, 1.54) is 37.0 Å². The van der Waals surface area contributed by atoms with E-state index < -0.39 is 0 Å². The molecule has 0 heterocycles. The first-order chi connectivity index (χ1) is 7.97. The number of halogens is 1. The molecule has 88 valence electrons. The van der Waals surface area contributed by atoms with E-state index in [1.54, 1.807) is 0 Å². The zero-order valence-corrected chi connectivity index (χ0v) is 12.9. The van der Waals surface area contributed by atoms with Crippen molar-refractivity contribution in [3.05, 3.63) is 56.2 Å². The van der Waals surface area contributed by atoms with Gasteiger partial charge in [0.1, 0.15) is 0 Å². The Morgan fingerprint density at radius 3 is 1.53 bits per heavy atom. The van der Waals surface area contributed by atoms with Crippen molar-refractivity contribution in [3.63, 3.8) is 0 Å². The molecule has 0 aliphatic heterocycles. The minimum atomic E-state index is 1.32. The maximum Gasteiger partial charge on any atom is 0.0189 e. The van der Waals surface area contributed by atoms with Gasteiger partial charge in [0.2, 0.25) is 0 Å². The first-order valence-corrected chi connectivity index (χ1v) is 6.90. The molecule has 17 heavy (non-hydrogen) atoms. The van der Waals surface area contributed by atoms with Crippen LogP contribution in [0, 0.1) is 31.3 Å². The molecule has 0 saturated carbocycles. The number of hydrogen-bond acceptors (Lipinski definition) is 0. The van der Waals surface area contributed by atoms with Gasteiger partial charge < -0.3 is 0 Å². The summed E-state index contributed by atoms with van der Waals surface area (Å²) in [5.74, 6) is 0. The van der Waals surface area contributed by atoms with Gasteiger partial charge in [-0.25, -0.2) is 0 Å². The lowest BCUT2D eigenvalue weighted by Gasteiger charge is -2.10. The Labute approximate surface area is 117 Å². The number of hydrogen-bond donors (Lipinski definition) is 0. The third-order valence-electron chi connectivity index (χ3n) is 2.99. The Bertz CT molecular complexity index is 524. The molecule has 0 N–H and O–H groups in total. The van der Waals surface area contributed by atoms with Gasteiger partial charge in [-0.15, -0.1) is 0 Å². The molecule has 0 aliphatic carbocycles. The molecular weight excluding hydrogens is 319 g/mol. The van der Waals surface area contributed by atoms with Crippen LogP contribution in [0.25, 0.3) is 11.1 Å². The van der Waals surface area contributed by atoms with Gasteiger partial charge in [-0.1, -0.05) is 41.5 Å². The molecule has 0 aromatic heterocycles. The molecular formula is C16H17I. The second-order valence-corrected chi connectivity index (χ2v) is 5.88. The molecule has 0 saturated heterocycles. The molecule has 2 aromatic rings. The van der Waals surface area contributed by atoms with Gasteiger partial charge in [0.25, 0.3) is 0 Å². The average Bonchev–Trinajstić information content (AvgIpc) is 2.23. The summed E-state index contributed by atoms with van der Waals surface area (Å²) in [6, 6.07) is 11.3. The highest BCUT2D eigenvalue weighted by Gasteiger charge is 2.05. The van der Waals surface area contributed by atoms with Crippen LogP contribution in [-0.2, 0) is 0 Å². The van der Waals surface area contributed by atoms with Gasteiger partial charge >= 0.3 is 0 Å². The van der Waals surface area contributed by atoms with Gasteiger partial charge in [-0.3, -0.25) is 0 Å². The van der Waals surface area contributed by atoms with Crippen LogP contribution in [0.5, 0.6) is 0 Å². The summed E-state index contributed by atoms with van der Waals surface area (Å²) < 4.78 is 1.37. The monoisotopic (exact) mass is 336 g/mol. The van der Waals surface area contributed by atoms with Crippen molar-refractivity contribution in [1.29, 1.82) is 0 Å². The first kappa shape index (κ1) is 12.6. The zero-order valence-electron chi connectivity index (χ0n) is 10.8. The minimum Gasteiger partial charge on any atom is -0.0563 e. The van der Waals surface area contributed by atoms with Gasteiger partial charge in [0.15, 0.2) is 0 Å². The van der Waals surface area contributed by atoms with Crippen molar-refractivity contribution in [2.24, 2.45) is 0 Å². The molecule has 0 unspecified atom stereocenters. The van der Waals surface area contributed by atoms with E-state index >= 15 is 0 Å². The van der Waals surface area contributed by atoms with E-state index in [1.807, 2.05) is 0 Å². The highest BCUT2D eigenvalue weighted by Crippen LogP contribution is 2.27. The molecule has 2 rings (SSSR count). The minimum absolute atomic E-state index is 1.32. The molecule has 0 bridgehead atoms. The third-order valence-corrected chi connectivity index (χ3v) is 4.69. The summed E-state index contributed by atoms with van der Waals surface area (Å²) >= 11 is 2.42. The normalized spacial score (nSPS) is 10.6. The lowest BCUT2D eigenvalue weighted by Crippen LogP contribution is -1.89. The van der Waals surface area contributed by atoms with Crippen LogP contribution >= 0.6 is 22.6 Å². The van der Waals surface area contributed by atoms with Crippen molar-refractivity contribution in [2.45, 2.75) is 27.7 Å². The Morgan fingerprint density at radius 1 is 0.647 bits per heavy atom. The van der Waals surface area contributed by atoms with Crippen LogP contribution in [0.1, 0.15) is 22.3 Å². The molecule has 2 aromatic carbocycles. The van der Waals surface area contributed by atoms with Crippen LogP contribution in [0.3, 0.4) is 0 Å². The van der Waals surface area contributed by atoms with Crippen molar-refractivity contribution in [1.82, 2.24) is 0 Å². The number of aryl methyl sites for hydroxylation is 4. The Balaban J connectivity index is 2.60. The van der Waals surface area contributed by atoms with Crippen LogP contribution in [0.15, 0.2) is 30.3 Å². The van der Waals surface area contributed by atoms with Crippen molar-refractivity contribution >= 4 is 22.6 Å². The predicted molar refractivity (Wildman–Crippen MR) is 83.5 cm³/mol. The fourth-order valence-corrected chi connectivity index (χ4v) is 2.57. The summed E-state index contributed by atoms with van der Waals surface area (Å²) in [4.78, 5) is 0. The van der Waals surface area contributed by atoms with Crippen LogP contribution in [0.2, 0.25) is 0 Å². The number of benzene rings is 2. The van der Waals surface area contributed by atoms with Crippen molar-refractivity contribution in [2.75, 3.05) is 0 Å². The van der Waals surface area contributed by atoms with Crippen molar-refractivity contribution in [3.8, 4) is 11.1 Å². The Morgan fingerprint density at radius 2 is 1.06 bits per heavy atom. The Kier molecular flexibility index (Phi) is 3.57. The summed E-state index contributed by atoms with van der Waals surface area (Å²) in [7, 11) is 0. The summed E-state index contributed by atoms with van der Waals surface area (Å²) in [6.45, 7) is 8.67. The smallest absolute Gasteiger partial charge is 0.0189 e. The summed E-state index contributed by atoms with van der Waals surface area (Å²) in [5.41, 5.74) is 8.03. The second-order valence-electron chi connectivity index (χ2n) is 4.80. The maximum atomic E-state index is 2.42. The second kappa shape index (κ2) is 4.81. The van der Waals surface area contributed by atoms with E-state index in [-0.39, 0.29) is 0 Å². The average molecular weight is 336 g/mol. The zero-order chi connectivity index (χ0) is 12.6. The van der Waals surface area contributed by atoms with Crippen LogP contribution in [0.4, 0.5) is 0 Å². The molecule has 0 aliphatic rings. The highest BCUT2D eigenvalue weighted by molar-refractivity contribution is 14.1. The molecule has 1 heteroatoms. The van der Waals surface area contributed by atoms with Gasteiger partial charge in [0.05, 0.1) is 0 Å². The maximum absolute atomic E-state index is 2.42. The van der Waals surface area contributed by atoms with Gasteiger partial charge in [-0.05, 0) is 72.5 Å². The molecule has 0 nitrogen and oxygen atoms in total. The van der Waals surface area contributed by atoms with E-state index in [0.29, 0.717) is 0 Å². The van der Waals surface area contributed by atoms with E-state index in [0.717, 1.165) is 0 Å². The predicted octanol–water partition coefficient (Wildman–Crippen LogP) is 5.19. The van der Waals surface area contributed by atoms with E-state index in [2.05, 4.69) is 80.6 Å². The topological polar surface area (TPSA) is 0 Å². The number of rotatable bonds is 1. The van der Waals surface area contributed by atoms with Crippen LogP contribution < -0.4 is 0 Å². The SMILES string of the molecule is Cc1cc(C)cc(-c2cc(C)c(I)c(C)c2)c1. The largest absolute Gasteiger partial charge is 0.0563 e. The Hall–Kier alpha value is -0.830. The van der Waals surface area contributed by atoms with Crippen molar-refractivity contribution < 1.29 is 0 Å². The molecule has 0 radical (unpaired) electrons. The first-order valence-electron chi connectivity index (χ1n) is 5.83. The molecule has 0 atom stereocenters. The third kappa shape index (κ3) is 2.71. The van der Waals surface area contributed by atoms with E-state index in [4.69, 9.17) is 0 Å². The summed E-state index contributed by atoms with van der Waals surface area (Å²) in [6.07, 6.45) is 0.